The van der Waals surface area contributed by atoms with Gasteiger partial charge in [0.15, 0.2) is 0 Å². The molecule has 0 radical (unpaired) electrons. The molecule has 0 fully saturated rings. The van der Waals surface area contributed by atoms with E-state index in [1.165, 1.54) is 35.2 Å². The van der Waals surface area contributed by atoms with Gasteiger partial charge in [-0.05, 0) is 54.3 Å². The Morgan fingerprint density at radius 2 is 1.97 bits per heavy atom. The lowest BCUT2D eigenvalue weighted by molar-refractivity contribution is -0.115. The van der Waals surface area contributed by atoms with Gasteiger partial charge in [0, 0.05) is 15.1 Å². The Bertz CT molecular complexity index is 1010. The molecule has 0 aliphatic heterocycles. The molecule has 2 aromatic carbocycles. The summed E-state index contributed by atoms with van der Waals surface area (Å²) in [5.41, 5.74) is 0.803. The van der Waals surface area contributed by atoms with E-state index in [0.29, 0.717) is 21.5 Å². The molecule has 1 aromatic heterocycles. The van der Waals surface area contributed by atoms with E-state index in [2.05, 4.69) is 26.6 Å². The molecule has 0 saturated carbocycles. The van der Waals surface area contributed by atoms with Crippen molar-refractivity contribution in [1.82, 2.24) is 0 Å². The van der Waals surface area contributed by atoms with E-state index in [-0.39, 0.29) is 17.5 Å². The van der Waals surface area contributed by atoms with Gasteiger partial charge in [-0.2, -0.15) is 0 Å². The third kappa shape index (κ3) is 5.91. The third-order valence-corrected chi connectivity index (χ3v) is 6.69. The molecule has 3 aromatic rings. The number of halogens is 2. The van der Waals surface area contributed by atoms with E-state index in [0.717, 1.165) is 4.90 Å². The summed E-state index contributed by atoms with van der Waals surface area (Å²) in [6.45, 7) is 1.90. The monoisotopic (exact) mass is 492 g/mol. The zero-order valence-corrected chi connectivity index (χ0v) is 18.7. The number of hydrogen-bond acceptors (Lipinski definition) is 4. The minimum Gasteiger partial charge on any atom is -0.323 e. The average molecular weight is 493 g/mol. The molecule has 29 heavy (non-hydrogen) atoms. The minimum atomic E-state index is -0.495. The van der Waals surface area contributed by atoms with Crippen LogP contribution in [0.2, 0.25) is 0 Å². The number of anilines is 2. The fourth-order valence-corrected chi connectivity index (χ4v) is 4.50. The quantitative estimate of drug-likeness (QED) is 0.374. The highest BCUT2D eigenvalue weighted by atomic mass is 79.9. The molecule has 2 amide bonds. The van der Waals surface area contributed by atoms with Crippen LogP contribution in [-0.4, -0.2) is 17.1 Å². The number of benzene rings is 2. The summed E-state index contributed by atoms with van der Waals surface area (Å²) in [5.74, 6) is -0.935. The van der Waals surface area contributed by atoms with Gasteiger partial charge >= 0.3 is 0 Å². The Kier molecular flexibility index (Phi) is 7.46. The fraction of sp³-hybridized carbons (Fsp3) is 0.143. The van der Waals surface area contributed by atoms with Crippen LogP contribution in [0.3, 0.4) is 0 Å². The maximum absolute atomic E-state index is 14.0. The molecule has 0 saturated heterocycles. The molecule has 1 atom stereocenters. The van der Waals surface area contributed by atoms with Crippen molar-refractivity contribution in [3.63, 3.8) is 0 Å². The molecule has 0 aliphatic carbocycles. The van der Waals surface area contributed by atoms with E-state index in [4.69, 9.17) is 0 Å². The predicted octanol–water partition coefficient (Wildman–Crippen LogP) is 6.41. The third-order valence-electron chi connectivity index (χ3n) is 3.97. The number of nitrogens with one attached hydrogen (secondary N) is 2. The standard InChI is InChI=1S/C21H18BrFN2O2S2/c1-2-18(20(26)25-17-9-8-13(22)11-16(17)23)29-15-6-3-5-14(12-15)24-21(27)19-7-4-10-28-19/h3-12,18H,2H2,1H3,(H,24,27)(H,25,26). The summed E-state index contributed by atoms with van der Waals surface area (Å²) < 4.78 is 14.6. The lowest BCUT2D eigenvalue weighted by atomic mass is 10.2. The fourth-order valence-electron chi connectivity index (χ4n) is 2.54. The van der Waals surface area contributed by atoms with Crippen LogP contribution >= 0.6 is 39.0 Å². The van der Waals surface area contributed by atoms with Crippen molar-refractivity contribution in [2.45, 2.75) is 23.5 Å². The first-order valence-electron chi connectivity index (χ1n) is 8.83. The average Bonchev–Trinajstić information content (AvgIpc) is 3.23. The first-order valence-corrected chi connectivity index (χ1v) is 11.4. The highest BCUT2D eigenvalue weighted by Crippen LogP contribution is 2.29. The summed E-state index contributed by atoms with van der Waals surface area (Å²) in [6.07, 6.45) is 0.570. The van der Waals surface area contributed by atoms with Crippen LogP contribution in [-0.2, 0) is 4.79 Å². The predicted molar refractivity (Wildman–Crippen MR) is 121 cm³/mol. The Morgan fingerprint density at radius 1 is 1.14 bits per heavy atom. The van der Waals surface area contributed by atoms with Crippen LogP contribution in [0.4, 0.5) is 15.8 Å². The van der Waals surface area contributed by atoms with Gasteiger partial charge in [-0.1, -0.05) is 35.0 Å². The second-order valence-corrected chi connectivity index (χ2v) is 9.23. The van der Waals surface area contributed by atoms with Gasteiger partial charge in [0.2, 0.25) is 5.91 Å². The van der Waals surface area contributed by atoms with E-state index < -0.39 is 11.1 Å². The van der Waals surface area contributed by atoms with Crippen molar-refractivity contribution < 1.29 is 14.0 Å². The molecule has 0 bridgehead atoms. The van der Waals surface area contributed by atoms with Crippen molar-refractivity contribution >= 4 is 62.2 Å². The molecule has 150 valence electrons. The number of carbonyl (C=O) groups excluding carboxylic acids is 2. The topological polar surface area (TPSA) is 58.2 Å². The smallest absolute Gasteiger partial charge is 0.265 e. The number of thiophene rings is 1. The Balaban J connectivity index is 1.67. The van der Waals surface area contributed by atoms with E-state index in [1.807, 2.05) is 36.6 Å². The highest BCUT2D eigenvalue weighted by Gasteiger charge is 2.19. The molecule has 1 unspecified atom stereocenters. The van der Waals surface area contributed by atoms with E-state index in [9.17, 15) is 14.0 Å². The molecule has 8 heteroatoms. The summed E-state index contributed by atoms with van der Waals surface area (Å²) in [4.78, 5) is 26.3. The molecular formula is C21H18BrFN2O2S2. The van der Waals surface area contributed by atoms with Gasteiger partial charge in [0.1, 0.15) is 5.82 Å². The Morgan fingerprint density at radius 3 is 2.66 bits per heavy atom. The molecule has 0 aliphatic rings. The summed E-state index contributed by atoms with van der Waals surface area (Å²) in [7, 11) is 0. The number of amides is 2. The Labute approximate surface area is 185 Å². The van der Waals surface area contributed by atoms with Crippen LogP contribution in [0, 0.1) is 5.82 Å². The molecule has 2 N–H and O–H groups in total. The second-order valence-electron chi connectivity index (χ2n) is 6.09. The number of rotatable bonds is 7. The van der Waals surface area contributed by atoms with Crippen LogP contribution in [0.1, 0.15) is 23.0 Å². The van der Waals surface area contributed by atoms with Crippen molar-refractivity contribution in [2.24, 2.45) is 0 Å². The van der Waals surface area contributed by atoms with Gasteiger partial charge in [-0.3, -0.25) is 9.59 Å². The van der Waals surface area contributed by atoms with Gasteiger partial charge in [-0.25, -0.2) is 4.39 Å². The van der Waals surface area contributed by atoms with Crippen LogP contribution < -0.4 is 10.6 Å². The summed E-state index contributed by atoms with van der Waals surface area (Å²) in [5, 5.41) is 6.96. The number of carbonyl (C=O) groups is 2. The molecule has 4 nitrogen and oxygen atoms in total. The van der Waals surface area contributed by atoms with E-state index in [1.54, 1.807) is 18.2 Å². The van der Waals surface area contributed by atoms with Crippen LogP contribution in [0.15, 0.2) is 69.3 Å². The zero-order valence-electron chi connectivity index (χ0n) is 15.4. The van der Waals surface area contributed by atoms with Crippen molar-refractivity contribution in [2.75, 3.05) is 10.6 Å². The highest BCUT2D eigenvalue weighted by molar-refractivity contribution is 9.10. The van der Waals surface area contributed by atoms with Gasteiger partial charge in [0.05, 0.1) is 15.8 Å². The van der Waals surface area contributed by atoms with Gasteiger partial charge < -0.3 is 10.6 Å². The van der Waals surface area contributed by atoms with Gasteiger partial charge in [0.25, 0.3) is 5.91 Å². The normalized spacial score (nSPS) is 11.7. The van der Waals surface area contributed by atoms with Crippen LogP contribution in [0.5, 0.6) is 0 Å². The summed E-state index contributed by atoms with van der Waals surface area (Å²) in [6, 6.07) is 15.4. The number of hydrogen-bond donors (Lipinski definition) is 2. The SMILES string of the molecule is CCC(Sc1cccc(NC(=O)c2cccs2)c1)C(=O)Nc1ccc(Br)cc1F. The molecule has 3 rings (SSSR count). The maximum atomic E-state index is 14.0. The summed E-state index contributed by atoms with van der Waals surface area (Å²) >= 11 is 5.94. The van der Waals surface area contributed by atoms with Crippen molar-refractivity contribution in [3.05, 3.63) is 75.1 Å². The van der Waals surface area contributed by atoms with E-state index >= 15 is 0 Å². The Hall–Kier alpha value is -2.16. The molecule has 1 heterocycles. The first kappa shape index (κ1) is 21.5. The van der Waals surface area contributed by atoms with Crippen LogP contribution in [0.25, 0.3) is 0 Å². The number of thioether (sulfide) groups is 1. The largest absolute Gasteiger partial charge is 0.323 e. The lowest BCUT2D eigenvalue weighted by Gasteiger charge is -2.16. The van der Waals surface area contributed by atoms with Crippen molar-refractivity contribution in [3.8, 4) is 0 Å². The zero-order chi connectivity index (χ0) is 20.8. The first-order chi connectivity index (χ1) is 14.0. The minimum absolute atomic E-state index is 0.147. The van der Waals surface area contributed by atoms with Gasteiger partial charge in [-0.15, -0.1) is 23.1 Å². The molecular weight excluding hydrogens is 475 g/mol. The maximum Gasteiger partial charge on any atom is 0.265 e. The lowest BCUT2D eigenvalue weighted by Crippen LogP contribution is -2.25. The molecule has 0 spiro atoms. The second kappa shape index (κ2) is 10.0. The van der Waals surface area contributed by atoms with Crippen molar-refractivity contribution in [1.29, 1.82) is 0 Å².